The van der Waals surface area contributed by atoms with Crippen molar-refractivity contribution in [1.82, 2.24) is 15.3 Å². The van der Waals surface area contributed by atoms with Gasteiger partial charge in [-0.25, -0.2) is 9.37 Å². The molecule has 1 unspecified atom stereocenters. The Morgan fingerprint density at radius 1 is 1.25 bits per heavy atom. The van der Waals surface area contributed by atoms with E-state index in [-0.39, 0.29) is 23.4 Å². The fourth-order valence-corrected chi connectivity index (χ4v) is 2.99. The average Bonchev–Trinajstić information content (AvgIpc) is 2.97. The summed E-state index contributed by atoms with van der Waals surface area (Å²) in [6.07, 6.45) is 0. The van der Waals surface area contributed by atoms with Gasteiger partial charge in [-0.15, -0.1) is 0 Å². The van der Waals surface area contributed by atoms with E-state index in [0.29, 0.717) is 10.3 Å². The molecule has 24 heavy (non-hydrogen) atoms. The maximum atomic E-state index is 13.4. The minimum atomic E-state index is -0.451. The van der Waals surface area contributed by atoms with Crippen LogP contribution in [0, 0.1) is 11.7 Å². The van der Waals surface area contributed by atoms with Crippen molar-refractivity contribution in [2.45, 2.75) is 19.9 Å². The predicted octanol–water partition coefficient (Wildman–Crippen LogP) is 4.59. The number of halogens is 2. The number of fused-ring (bicyclic) bond motifs is 1. The Morgan fingerprint density at radius 2 is 2.00 bits per heavy atom. The van der Waals surface area contributed by atoms with Crippen molar-refractivity contribution in [2.24, 2.45) is 5.92 Å². The van der Waals surface area contributed by atoms with Crippen LogP contribution < -0.4 is 5.32 Å². The lowest BCUT2D eigenvalue weighted by molar-refractivity contribution is 0.0922. The lowest BCUT2D eigenvalue weighted by atomic mass is 10.0. The van der Waals surface area contributed by atoms with E-state index in [9.17, 15) is 9.18 Å². The monoisotopic (exact) mass is 389 g/mol. The normalized spacial score (nSPS) is 12.5. The first kappa shape index (κ1) is 16.6. The number of aromatic amines is 1. The van der Waals surface area contributed by atoms with Gasteiger partial charge in [0.25, 0.3) is 5.91 Å². The molecule has 2 N–H and O–H groups in total. The van der Waals surface area contributed by atoms with Gasteiger partial charge in [-0.2, -0.15) is 0 Å². The van der Waals surface area contributed by atoms with Gasteiger partial charge in [-0.3, -0.25) is 4.79 Å². The van der Waals surface area contributed by atoms with E-state index < -0.39 is 5.82 Å². The second-order valence-corrected chi connectivity index (χ2v) is 6.81. The molecular formula is C18H17BrFN3O. The molecule has 1 aromatic heterocycles. The van der Waals surface area contributed by atoms with Crippen LogP contribution >= 0.6 is 15.9 Å². The van der Waals surface area contributed by atoms with Crippen LogP contribution in [-0.2, 0) is 0 Å². The molecule has 1 heterocycles. The fourth-order valence-electron chi connectivity index (χ4n) is 2.56. The first-order valence-corrected chi connectivity index (χ1v) is 8.45. The molecule has 0 aliphatic rings. The van der Waals surface area contributed by atoms with E-state index in [4.69, 9.17) is 0 Å². The number of carbonyl (C=O) groups excluding carboxylic acids is 1. The highest BCUT2D eigenvalue weighted by atomic mass is 79.9. The number of aromatic nitrogens is 2. The molecular weight excluding hydrogens is 373 g/mol. The summed E-state index contributed by atoms with van der Waals surface area (Å²) in [5, 5.41) is 2.95. The summed E-state index contributed by atoms with van der Waals surface area (Å²) < 4.78 is 14.0. The number of benzene rings is 2. The topological polar surface area (TPSA) is 57.8 Å². The summed E-state index contributed by atoms with van der Waals surface area (Å²) in [5.41, 5.74) is 2.02. The molecule has 0 saturated heterocycles. The van der Waals surface area contributed by atoms with E-state index in [1.54, 1.807) is 0 Å². The molecule has 2 aromatic carbocycles. The minimum absolute atomic E-state index is 0.113. The number of nitrogens with zero attached hydrogens (tertiary/aromatic N) is 1. The number of imidazole rings is 1. The van der Waals surface area contributed by atoms with E-state index in [1.165, 1.54) is 18.2 Å². The minimum Gasteiger partial charge on any atom is -0.342 e. The van der Waals surface area contributed by atoms with Crippen molar-refractivity contribution in [3.63, 3.8) is 0 Å². The third-order valence-corrected chi connectivity index (χ3v) is 4.52. The summed E-state index contributed by atoms with van der Waals surface area (Å²) in [7, 11) is 0. The highest BCUT2D eigenvalue weighted by Gasteiger charge is 2.23. The van der Waals surface area contributed by atoms with Crippen molar-refractivity contribution >= 4 is 32.9 Å². The number of carbonyl (C=O) groups is 1. The summed E-state index contributed by atoms with van der Waals surface area (Å²) in [5.74, 6) is 0.00244. The van der Waals surface area contributed by atoms with Gasteiger partial charge in [-0.05, 0) is 52.2 Å². The smallest absolute Gasteiger partial charge is 0.253 e. The quantitative estimate of drug-likeness (QED) is 0.685. The fraction of sp³-hybridized carbons (Fsp3) is 0.222. The first-order chi connectivity index (χ1) is 11.5. The van der Waals surface area contributed by atoms with Crippen molar-refractivity contribution in [3.05, 3.63) is 64.1 Å². The van der Waals surface area contributed by atoms with E-state index in [0.717, 1.165) is 11.0 Å². The van der Waals surface area contributed by atoms with Gasteiger partial charge in [0.2, 0.25) is 0 Å². The number of hydrogen-bond donors (Lipinski definition) is 2. The van der Waals surface area contributed by atoms with Gasteiger partial charge in [-0.1, -0.05) is 26.0 Å². The number of H-pyrrole nitrogens is 1. The Hall–Kier alpha value is -2.21. The predicted molar refractivity (Wildman–Crippen MR) is 95.2 cm³/mol. The van der Waals surface area contributed by atoms with Crippen LogP contribution in [0.4, 0.5) is 4.39 Å². The number of nitrogens with one attached hydrogen (secondary N) is 2. The first-order valence-electron chi connectivity index (χ1n) is 7.66. The molecule has 1 atom stereocenters. The molecule has 0 aliphatic carbocycles. The Kier molecular flexibility index (Phi) is 4.66. The molecule has 0 saturated carbocycles. The van der Waals surface area contributed by atoms with Crippen molar-refractivity contribution in [2.75, 3.05) is 0 Å². The summed E-state index contributed by atoms with van der Waals surface area (Å²) in [4.78, 5) is 20.4. The molecule has 0 bridgehead atoms. The molecule has 124 valence electrons. The van der Waals surface area contributed by atoms with E-state index in [2.05, 4.69) is 31.2 Å². The number of rotatable bonds is 4. The molecule has 1 amide bonds. The summed E-state index contributed by atoms with van der Waals surface area (Å²) in [6.45, 7) is 4.00. The van der Waals surface area contributed by atoms with Crippen molar-refractivity contribution < 1.29 is 9.18 Å². The second-order valence-electron chi connectivity index (χ2n) is 5.96. The van der Waals surface area contributed by atoms with Crippen LogP contribution in [0.25, 0.3) is 11.0 Å². The van der Waals surface area contributed by atoms with Gasteiger partial charge in [0.15, 0.2) is 0 Å². The molecule has 3 aromatic rings. The molecule has 4 nitrogen and oxygen atoms in total. The van der Waals surface area contributed by atoms with Crippen LogP contribution in [0.1, 0.15) is 36.1 Å². The van der Waals surface area contributed by atoms with Crippen LogP contribution in [0.3, 0.4) is 0 Å². The van der Waals surface area contributed by atoms with Crippen LogP contribution in [0.2, 0.25) is 0 Å². The molecule has 0 aliphatic heterocycles. The zero-order chi connectivity index (χ0) is 17.3. The van der Waals surface area contributed by atoms with Gasteiger partial charge < -0.3 is 10.3 Å². The van der Waals surface area contributed by atoms with Crippen LogP contribution in [0.5, 0.6) is 0 Å². The molecule has 3 rings (SSSR count). The Labute approximate surface area is 147 Å². The summed E-state index contributed by atoms with van der Waals surface area (Å²) in [6, 6.07) is 11.4. The zero-order valence-electron chi connectivity index (χ0n) is 13.3. The SMILES string of the molecule is CC(C)C(NC(=O)c1cc(F)ccc1Br)c1nc2ccccc2[nH]1. The van der Waals surface area contributed by atoms with Crippen LogP contribution in [0.15, 0.2) is 46.9 Å². The van der Waals surface area contributed by atoms with Gasteiger partial charge in [0, 0.05) is 4.47 Å². The lowest BCUT2D eigenvalue weighted by Crippen LogP contribution is -2.32. The maximum Gasteiger partial charge on any atom is 0.253 e. The van der Waals surface area contributed by atoms with Gasteiger partial charge >= 0.3 is 0 Å². The van der Waals surface area contributed by atoms with Crippen molar-refractivity contribution in [1.29, 1.82) is 0 Å². The number of para-hydroxylation sites is 2. The zero-order valence-corrected chi connectivity index (χ0v) is 14.9. The largest absolute Gasteiger partial charge is 0.342 e. The van der Waals surface area contributed by atoms with Crippen LogP contribution in [-0.4, -0.2) is 15.9 Å². The highest BCUT2D eigenvalue weighted by Crippen LogP contribution is 2.24. The molecule has 0 fully saturated rings. The number of hydrogen-bond acceptors (Lipinski definition) is 2. The molecule has 6 heteroatoms. The third kappa shape index (κ3) is 3.33. The standard InChI is InChI=1S/C18H17BrFN3O/c1-10(2)16(17-21-14-5-3-4-6-15(14)22-17)23-18(24)12-9-11(20)7-8-13(12)19/h3-10,16H,1-2H3,(H,21,22)(H,23,24). The van der Waals surface area contributed by atoms with E-state index >= 15 is 0 Å². The lowest BCUT2D eigenvalue weighted by Gasteiger charge is -2.20. The Bertz CT molecular complexity index is 858. The Morgan fingerprint density at radius 3 is 2.71 bits per heavy atom. The second kappa shape index (κ2) is 6.73. The molecule has 0 spiro atoms. The van der Waals surface area contributed by atoms with Crippen molar-refractivity contribution in [3.8, 4) is 0 Å². The Balaban J connectivity index is 1.91. The summed E-state index contributed by atoms with van der Waals surface area (Å²) >= 11 is 3.29. The number of amides is 1. The average molecular weight is 390 g/mol. The third-order valence-electron chi connectivity index (χ3n) is 3.83. The maximum absolute atomic E-state index is 13.4. The van der Waals surface area contributed by atoms with Gasteiger partial charge in [0.05, 0.1) is 22.6 Å². The van der Waals surface area contributed by atoms with E-state index in [1.807, 2.05) is 38.1 Å². The molecule has 0 radical (unpaired) electrons. The highest BCUT2D eigenvalue weighted by molar-refractivity contribution is 9.10. The van der Waals surface area contributed by atoms with Gasteiger partial charge in [0.1, 0.15) is 11.6 Å².